The average Bonchev–Trinajstić information content (AvgIpc) is 2.77. The molecule has 0 saturated carbocycles. The Morgan fingerprint density at radius 3 is 2.03 bits per heavy atom. The molecule has 0 bridgehead atoms. The number of phenolic OH excluding ortho intramolecular Hbond substituents is 1. The Kier molecular flexibility index (Phi) is 15.4. The second-order valence-electron chi connectivity index (χ2n) is 8.67. The van der Waals surface area contributed by atoms with E-state index in [2.05, 4.69) is 18.8 Å². The molecule has 0 atom stereocenters. The molecule has 0 aliphatic heterocycles. The fourth-order valence-electron chi connectivity index (χ4n) is 3.77. The van der Waals surface area contributed by atoms with E-state index in [4.69, 9.17) is 4.74 Å². The van der Waals surface area contributed by atoms with Gasteiger partial charge in [0.25, 0.3) is 0 Å². The monoisotopic (exact) mass is 431 g/mol. The third-order valence-corrected chi connectivity index (χ3v) is 5.80. The number of carbonyl (C=O) groups is 1. The number of allylic oxidation sites excluding steroid dienone is 1. The number of nitrogens with one attached hydrogen (secondary N) is 1. The topological polar surface area (TPSA) is 58.6 Å². The summed E-state index contributed by atoms with van der Waals surface area (Å²) in [5, 5.41) is 12.5. The maximum Gasteiger partial charge on any atom is 0.220 e. The van der Waals surface area contributed by atoms with Gasteiger partial charge in [-0.15, -0.1) is 0 Å². The van der Waals surface area contributed by atoms with E-state index in [0.717, 1.165) is 24.8 Å². The van der Waals surface area contributed by atoms with Gasteiger partial charge in [-0.1, -0.05) is 82.9 Å². The first-order valence-electron chi connectivity index (χ1n) is 12.4. The van der Waals surface area contributed by atoms with Gasteiger partial charge in [0.15, 0.2) is 11.5 Å². The smallest absolute Gasteiger partial charge is 0.220 e. The zero-order chi connectivity index (χ0) is 22.7. The molecule has 1 aromatic rings. The van der Waals surface area contributed by atoms with Crippen LogP contribution in [0.2, 0.25) is 0 Å². The van der Waals surface area contributed by atoms with E-state index in [9.17, 15) is 9.90 Å². The van der Waals surface area contributed by atoms with Crippen molar-refractivity contribution < 1.29 is 14.6 Å². The number of benzene rings is 1. The standard InChI is InChI=1S/C27H45NO3/c1-4-5-6-7-8-10-13-16-23(2)17-14-11-9-12-15-18-27(30)28-22-24-19-20-25(29)26(21-24)31-3/h19-21,29H,2,4-18,22H2,1,3H3,(H,28,30). The minimum atomic E-state index is 0.0788. The van der Waals surface area contributed by atoms with Crippen molar-refractivity contribution in [3.63, 3.8) is 0 Å². The van der Waals surface area contributed by atoms with E-state index in [0.29, 0.717) is 18.7 Å². The van der Waals surface area contributed by atoms with E-state index >= 15 is 0 Å². The Labute approximate surface area is 190 Å². The van der Waals surface area contributed by atoms with E-state index in [-0.39, 0.29) is 11.7 Å². The summed E-state index contributed by atoms with van der Waals surface area (Å²) in [6, 6.07) is 5.13. The molecule has 0 fully saturated rings. The van der Waals surface area contributed by atoms with Crippen LogP contribution in [0.25, 0.3) is 0 Å². The van der Waals surface area contributed by atoms with E-state index in [1.165, 1.54) is 83.3 Å². The molecule has 0 heterocycles. The fourth-order valence-corrected chi connectivity index (χ4v) is 3.77. The van der Waals surface area contributed by atoms with Crippen LogP contribution in [0.5, 0.6) is 11.5 Å². The van der Waals surface area contributed by atoms with Crippen LogP contribution in [-0.4, -0.2) is 18.1 Å². The molecule has 1 amide bonds. The third-order valence-electron chi connectivity index (χ3n) is 5.80. The minimum Gasteiger partial charge on any atom is -0.504 e. The highest BCUT2D eigenvalue weighted by Crippen LogP contribution is 2.26. The van der Waals surface area contributed by atoms with Crippen molar-refractivity contribution in [1.29, 1.82) is 0 Å². The molecule has 0 aromatic heterocycles. The van der Waals surface area contributed by atoms with Crippen molar-refractivity contribution in [2.24, 2.45) is 0 Å². The summed E-state index contributed by atoms with van der Waals surface area (Å²) in [5.74, 6) is 0.617. The predicted octanol–water partition coefficient (Wildman–Crippen LogP) is 7.44. The molecule has 4 heteroatoms. The zero-order valence-corrected chi connectivity index (χ0v) is 20.0. The normalized spacial score (nSPS) is 10.8. The van der Waals surface area contributed by atoms with Crippen LogP contribution in [0.1, 0.15) is 109 Å². The van der Waals surface area contributed by atoms with Gasteiger partial charge in [-0.25, -0.2) is 0 Å². The summed E-state index contributed by atoms with van der Waals surface area (Å²) in [6.45, 7) is 6.96. The Morgan fingerprint density at radius 2 is 1.45 bits per heavy atom. The number of hydrogen-bond donors (Lipinski definition) is 2. The van der Waals surface area contributed by atoms with Crippen LogP contribution in [0.3, 0.4) is 0 Å². The summed E-state index contributed by atoms with van der Waals surface area (Å²) in [4.78, 5) is 12.0. The first-order chi connectivity index (χ1) is 15.1. The van der Waals surface area contributed by atoms with Crippen LogP contribution in [0, 0.1) is 0 Å². The summed E-state index contributed by atoms with van der Waals surface area (Å²) in [5.41, 5.74) is 2.33. The Bertz CT molecular complexity index is 627. The van der Waals surface area contributed by atoms with Gasteiger partial charge in [0.2, 0.25) is 5.91 Å². The molecule has 0 aliphatic carbocycles. The number of methoxy groups -OCH3 is 1. The van der Waals surface area contributed by atoms with Crippen LogP contribution in [0.15, 0.2) is 30.4 Å². The zero-order valence-electron chi connectivity index (χ0n) is 20.0. The van der Waals surface area contributed by atoms with Crippen LogP contribution in [0.4, 0.5) is 0 Å². The number of hydrogen-bond acceptors (Lipinski definition) is 3. The highest BCUT2D eigenvalue weighted by molar-refractivity contribution is 5.75. The first-order valence-corrected chi connectivity index (χ1v) is 12.4. The lowest BCUT2D eigenvalue weighted by molar-refractivity contribution is -0.121. The summed E-state index contributed by atoms with van der Waals surface area (Å²) in [7, 11) is 1.52. The van der Waals surface area contributed by atoms with Gasteiger partial charge in [-0.3, -0.25) is 4.79 Å². The maximum absolute atomic E-state index is 12.0. The first kappa shape index (κ1) is 27.1. The number of carbonyl (C=O) groups excluding carboxylic acids is 1. The molecular formula is C27H45NO3. The van der Waals surface area contributed by atoms with Crippen molar-refractivity contribution in [1.82, 2.24) is 5.32 Å². The molecule has 0 spiro atoms. The highest BCUT2D eigenvalue weighted by Gasteiger charge is 2.05. The van der Waals surface area contributed by atoms with Crippen molar-refractivity contribution in [2.45, 2.75) is 110 Å². The molecule has 0 unspecified atom stereocenters. The SMILES string of the molecule is C=C(CCCCCCCCC)CCCCCCCC(=O)NCc1ccc(O)c(OC)c1. The Morgan fingerprint density at radius 1 is 0.903 bits per heavy atom. The molecule has 176 valence electrons. The second-order valence-corrected chi connectivity index (χ2v) is 8.67. The molecule has 1 aromatic carbocycles. The fraction of sp³-hybridized carbons (Fsp3) is 0.667. The van der Waals surface area contributed by atoms with E-state index < -0.39 is 0 Å². The van der Waals surface area contributed by atoms with Crippen molar-refractivity contribution in [3.05, 3.63) is 35.9 Å². The van der Waals surface area contributed by atoms with Gasteiger partial charge in [0, 0.05) is 13.0 Å². The molecule has 31 heavy (non-hydrogen) atoms. The number of ether oxygens (including phenoxy) is 1. The van der Waals surface area contributed by atoms with Crippen LogP contribution in [-0.2, 0) is 11.3 Å². The third kappa shape index (κ3) is 13.9. The van der Waals surface area contributed by atoms with Gasteiger partial charge >= 0.3 is 0 Å². The number of aromatic hydroxyl groups is 1. The lowest BCUT2D eigenvalue weighted by Crippen LogP contribution is -2.22. The molecule has 0 saturated heterocycles. The Balaban J connectivity index is 1.95. The van der Waals surface area contributed by atoms with Crippen molar-refractivity contribution in [3.8, 4) is 11.5 Å². The summed E-state index contributed by atoms with van der Waals surface area (Å²) >= 11 is 0. The largest absolute Gasteiger partial charge is 0.504 e. The van der Waals surface area contributed by atoms with Gasteiger partial charge < -0.3 is 15.2 Å². The highest BCUT2D eigenvalue weighted by atomic mass is 16.5. The number of rotatable bonds is 19. The van der Waals surface area contributed by atoms with Gasteiger partial charge in [0.1, 0.15) is 0 Å². The maximum atomic E-state index is 12.0. The molecule has 0 aliphatic rings. The lowest BCUT2D eigenvalue weighted by atomic mass is 10.0. The second kappa shape index (κ2) is 17.7. The lowest BCUT2D eigenvalue weighted by Gasteiger charge is -2.08. The predicted molar refractivity (Wildman–Crippen MR) is 131 cm³/mol. The molecule has 4 nitrogen and oxygen atoms in total. The van der Waals surface area contributed by atoms with Crippen LogP contribution >= 0.6 is 0 Å². The number of amides is 1. The quantitative estimate of drug-likeness (QED) is 0.177. The number of phenols is 1. The van der Waals surface area contributed by atoms with Gasteiger partial charge in [-0.05, 0) is 49.8 Å². The van der Waals surface area contributed by atoms with Gasteiger partial charge in [-0.2, -0.15) is 0 Å². The average molecular weight is 432 g/mol. The summed E-state index contributed by atoms with van der Waals surface area (Å²) in [6.07, 6.45) is 18.1. The molecular weight excluding hydrogens is 386 g/mol. The van der Waals surface area contributed by atoms with Crippen LogP contribution < -0.4 is 10.1 Å². The van der Waals surface area contributed by atoms with E-state index in [1.54, 1.807) is 18.2 Å². The number of unbranched alkanes of at least 4 members (excludes halogenated alkanes) is 10. The van der Waals surface area contributed by atoms with Gasteiger partial charge in [0.05, 0.1) is 7.11 Å². The summed E-state index contributed by atoms with van der Waals surface area (Å²) < 4.78 is 5.09. The van der Waals surface area contributed by atoms with Crippen molar-refractivity contribution in [2.75, 3.05) is 7.11 Å². The van der Waals surface area contributed by atoms with E-state index in [1.807, 2.05) is 0 Å². The Hall–Kier alpha value is -1.97. The van der Waals surface area contributed by atoms with Crippen molar-refractivity contribution >= 4 is 5.91 Å². The molecule has 0 radical (unpaired) electrons. The molecule has 2 N–H and O–H groups in total. The minimum absolute atomic E-state index is 0.0788. The molecule has 1 rings (SSSR count).